The minimum absolute atomic E-state index is 0.419. The van der Waals surface area contributed by atoms with Crippen molar-refractivity contribution in [3.05, 3.63) is 23.8 Å². The molecule has 1 N–H and O–H groups in total. The molecule has 1 aromatic rings. The summed E-state index contributed by atoms with van der Waals surface area (Å²) in [6.07, 6.45) is 0.230. The summed E-state index contributed by atoms with van der Waals surface area (Å²) in [4.78, 5) is 0. The maximum Gasteiger partial charge on any atom is 0.125 e. The number of aliphatic hydroxyl groups is 1. The Morgan fingerprint density at radius 2 is 2.33 bits per heavy atom. The summed E-state index contributed by atoms with van der Waals surface area (Å²) in [6.45, 7) is 0.581. The average molecular weight is 160 g/mol. The number of rotatable bonds is 0. The van der Waals surface area contributed by atoms with Crippen molar-refractivity contribution in [1.29, 1.82) is 0 Å². The molecule has 0 bridgehead atoms. The summed E-state index contributed by atoms with van der Waals surface area (Å²) >= 11 is 0. The van der Waals surface area contributed by atoms with Gasteiger partial charge in [0.1, 0.15) is 13.6 Å². The highest BCUT2D eigenvalue weighted by Gasteiger charge is 2.18. The summed E-state index contributed by atoms with van der Waals surface area (Å²) in [5.74, 6) is 0.753. The Hall–Kier alpha value is -0.955. The second kappa shape index (κ2) is 2.83. The zero-order chi connectivity index (χ0) is 8.55. The molecule has 0 spiro atoms. The van der Waals surface area contributed by atoms with Crippen LogP contribution in [-0.4, -0.2) is 19.6 Å². The van der Waals surface area contributed by atoms with Crippen LogP contribution in [-0.2, 0) is 0 Å². The van der Waals surface area contributed by atoms with Crippen LogP contribution in [0.4, 0.5) is 0 Å². The molecule has 2 radical (unpaired) electrons. The standard InChI is InChI=1S/C9H9BO2/c10-6-1-2-9-7(5-6)8(11)3-4-12-9/h1-2,5,8,11H,3-4H2. The third-order valence-corrected chi connectivity index (χ3v) is 2.04. The van der Waals surface area contributed by atoms with Crippen LogP contribution in [0.25, 0.3) is 0 Å². The normalized spacial score (nSPS) is 21.2. The van der Waals surface area contributed by atoms with Crippen molar-refractivity contribution >= 4 is 13.3 Å². The first-order valence-corrected chi connectivity index (χ1v) is 3.97. The Bertz CT molecular complexity index is 299. The number of hydrogen-bond acceptors (Lipinski definition) is 2. The van der Waals surface area contributed by atoms with Gasteiger partial charge in [0, 0.05) is 12.0 Å². The monoisotopic (exact) mass is 160 g/mol. The van der Waals surface area contributed by atoms with Crippen molar-refractivity contribution < 1.29 is 9.84 Å². The predicted molar refractivity (Wildman–Crippen MR) is 46.9 cm³/mol. The van der Waals surface area contributed by atoms with Crippen LogP contribution >= 0.6 is 0 Å². The summed E-state index contributed by atoms with van der Waals surface area (Å²) in [6, 6.07) is 5.34. The smallest absolute Gasteiger partial charge is 0.125 e. The largest absolute Gasteiger partial charge is 0.493 e. The van der Waals surface area contributed by atoms with E-state index in [9.17, 15) is 5.11 Å². The molecule has 1 unspecified atom stereocenters. The van der Waals surface area contributed by atoms with Crippen LogP contribution in [0.15, 0.2) is 18.2 Å². The molecule has 0 aliphatic carbocycles. The van der Waals surface area contributed by atoms with E-state index in [1.165, 1.54) is 0 Å². The molecular formula is C9H9BO2. The Labute approximate surface area is 72.6 Å². The van der Waals surface area contributed by atoms with Gasteiger partial charge in [-0.1, -0.05) is 17.6 Å². The van der Waals surface area contributed by atoms with E-state index >= 15 is 0 Å². The average Bonchev–Trinajstić information content (AvgIpc) is 2.07. The van der Waals surface area contributed by atoms with Crippen molar-refractivity contribution in [1.82, 2.24) is 0 Å². The third kappa shape index (κ3) is 1.20. The lowest BCUT2D eigenvalue weighted by molar-refractivity contribution is 0.115. The Balaban J connectivity index is 2.47. The highest BCUT2D eigenvalue weighted by molar-refractivity contribution is 6.32. The fourth-order valence-corrected chi connectivity index (χ4v) is 1.39. The fraction of sp³-hybridized carbons (Fsp3) is 0.333. The van der Waals surface area contributed by atoms with E-state index in [0.29, 0.717) is 18.5 Å². The summed E-state index contributed by atoms with van der Waals surface area (Å²) < 4.78 is 5.33. The third-order valence-electron chi connectivity index (χ3n) is 2.04. The van der Waals surface area contributed by atoms with Crippen molar-refractivity contribution in [3.63, 3.8) is 0 Å². The lowest BCUT2D eigenvalue weighted by Gasteiger charge is -2.22. The van der Waals surface area contributed by atoms with Crippen molar-refractivity contribution in [2.45, 2.75) is 12.5 Å². The lowest BCUT2D eigenvalue weighted by Crippen LogP contribution is -2.16. The maximum atomic E-state index is 9.55. The Morgan fingerprint density at radius 1 is 1.50 bits per heavy atom. The van der Waals surface area contributed by atoms with Crippen molar-refractivity contribution in [3.8, 4) is 5.75 Å². The van der Waals surface area contributed by atoms with Crippen LogP contribution in [0, 0.1) is 0 Å². The molecule has 1 aliphatic rings. The summed E-state index contributed by atoms with van der Waals surface area (Å²) in [5, 5.41) is 9.55. The van der Waals surface area contributed by atoms with Crippen LogP contribution in [0.2, 0.25) is 0 Å². The van der Waals surface area contributed by atoms with Crippen LogP contribution in [0.5, 0.6) is 5.75 Å². The Kier molecular flexibility index (Phi) is 1.81. The summed E-state index contributed by atoms with van der Waals surface area (Å²) in [5.41, 5.74) is 1.47. The van der Waals surface area contributed by atoms with Gasteiger partial charge in [-0.15, -0.1) is 0 Å². The van der Waals surface area contributed by atoms with Gasteiger partial charge in [0.15, 0.2) is 0 Å². The predicted octanol–water partition coefficient (Wildman–Crippen LogP) is 0.296. The fourth-order valence-electron chi connectivity index (χ4n) is 1.39. The topological polar surface area (TPSA) is 29.5 Å². The molecule has 0 saturated carbocycles. The van der Waals surface area contributed by atoms with E-state index in [4.69, 9.17) is 12.6 Å². The van der Waals surface area contributed by atoms with Gasteiger partial charge >= 0.3 is 0 Å². The molecule has 0 amide bonds. The van der Waals surface area contributed by atoms with Crippen LogP contribution in [0.3, 0.4) is 0 Å². The van der Waals surface area contributed by atoms with E-state index in [2.05, 4.69) is 0 Å². The van der Waals surface area contributed by atoms with Gasteiger partial charge in [-0.05, 0) is 6.07 Å². The number of fused-ring (bicyclic) bond motifs is 1. The van der Waals surface area contributed by atoms with E-state index in [-0.39, 0.29) is 0 Å². The molecule has 12 heavy (non-hydrogen) atoms. The molecule has 0 saturated heterocycles. The van der Waals surface area contributed by atoms with Gasteiger partial charge in [0.2, 0.25) is 0 Å². The molecule has 3 heteroatoms. The minimum atomic E-state index is -0.419. The van der Waals surface area contributed by atoms with Gasteiger partial charge in [0.05, 0.1) is 12.7 Å². The van der Waals surface area contributed by atoms with Crippen molar-refractivity contribution in [2.24, 2.45) is 0 Å². The first-order chi connectivity index (χ1) is 5.77. The minimum Gasteiger partial charge on any atom is -0.493 e. The molecule has 1 aromatic carbocycles. The zero-order valence-corrected chi connectivity index (χ0v) is 6.66. The van der Waals surface area contributed by atoms with Gasteiger partial charge < -0.3 is 9.84 Å². The van der Waals surface area contributed by atoms with Gasteiger partial charge in [0.25, 0.3) is 0 Å². The highest BCUT2D eigenvalue weighted by atomic mass is 16.5. The molecular weight excluding hydrogens is 151 g/mol. The Morgan fingerprint density at radius 3 is 3.17 bits per heavy atom. The molecule has 0 aromatic heterocycles. The number of hydrogen-bond donors (Lipinski definition) is 1. The van der Waals surface area contributed by atoms with Crippen molar-refractivity contribution in [2.75, 3.05) is 6.61 Å². The first kappa shape index (κ1) is 7.68. The second-order valence-electron chi connectivity index (χ2n) is 2.95. The van der Waals surface area contributed by atoms with E-state index < -0.39 is 6.10 Å². The molecule has 1 atom stereocenters. The summed E-state index contributed by atoms with van der Waals surface area (Å²) in [7, 11) is 5.58. The number of aliphatic hydroxyl groups excluding tert-OH is 1. The van der Waals surface area contributed by atoms with Crippen LogP contribution in [0.1, 0.15) is 18.1 Å². The molecule has 60 valence electrons. The van der Waals surface area contributed by atoms with E-state index in [1.807, 2.05) is 0 Å². The van der Waals surface area contributed by atoms with Crippen LogP contribution < -0.4 is 10.2 Å². The molecule has 2 rings (SSSR count). The van der Waals surface area contributed by atoms with Gasteiger partial charge in [-0.25, -0.2) is 0 Å². The SMILES string of the molecule is [B]c1ccc2c(c1)C(O)CCO2. The van der Waals surface area contributed by atoms with E-state index in [1.54, 1.807) is 18.2 Å². The molecule has 2 nitrogen and oxygen atoms in total. The quantitative estimate of drug-likeness (QED) is 0.553. The highest BCUT2D eigenvalue weighted by Crippen LogP contribution is 2.30. The van der Waals surface area contributed by atoms with Gasteiger partial charge in [-0.3, -0.25) is 0 Å². The maximum absolute atomic E-state index is 9.55. The number of ether oxygens (including phenoxy) is 1. The first-order valence-electron chi connectivity index (χ1n) is 3.97. The molecule has 0 fully saturated rings. The molecule has 1 aliphatic heterocycles. The van der Waals surface area contributed by atoms with Gasteiger partial charge in [-0.2, -0.15) is 0 Å². The zero-order valence-electron chi connectivity index (χ0n) is 6.66. The second-order valence-corrected chi connectivity index (χ2v) is 2.95. The number of benzene rings is 1. The lowest BCUT2D eigenvalue weighted by atomic mass is 9.91. The molecule has 1 heterocycles. The van der Waals surface area contributed by atoms with E-state index in [0.717, 1.165) is 11.3 Å².